The molecule has 0 bridgehead atoms. The van der Waals surface area contributed by atoms with Gasteiger partial charge in [-0.1, -0.05) is 30.3 Å². The van der Waals surface area contributed by atoms with E-state index in [4.69, 9.17) is 19.3 Å². The summed E-state index contributed by atoms with van der Waals surface area (Å²) >= 11 is 0. The Bertz CT molecular complexity index is 1180. The van der Waals surface area contributed by atoms with Gasteiger partial charge in [0.05, 0.1) is 37.4 Å². The van der Waals surface area contributed by atoms with Gasteiger partial charge < -0.3 is 19.3 Å². The van der Waals surface area contributed by atoms with Crippen molar-refractivity contribution in [3.05, 3.63) is 83.4 Å². The fourth-order valence-electron chi connectivity index (χ4n) is 3.34. The first-order valence-corrected chi connectivity index (χ1v) is 11.4. The molecular formula is C24H25NO7S. The summed E-state index contributed by atoms with van der Waals surface area (Å²) in [4.78, 5) is 11.2. The number of ether oxygens (including phenoxy) is 3. The summed E-state index contributed by atoms with van der Waals surface area (Å²) in [6.45, 7) is 0.0381. The molecule has 0 aliphatic carbocycles. The molecule has 9 heteroatoms. The first-order valence-electron chi connectivity index (χ1n) is 9.96. The lowest BCUT2D eigenvalue weighted by Gasteiger charge is -2.25. The van der Waals surface area contributed by atoms with Crippen molar-refractivity contribution in [2.24, 2.45) is 0 Å². The monoisotopic (exact) mass is 471 g/mol. The maximum atomic E-state index is 13.6. The maximum absolute atomic E-state index is 13.6. The van der Waals surface area contributed by atoms with Crippen molar-refractivity contribution < 1.29 is 32.5 Å². The summed E-state index contributed by atoms with van der Waals surface area (Å²) in [5, 5.41) is 9.14. The Balaban J connectivity index is 2.08. The number of carboxylic acid groups (broad SMARTS) is 1. The molecule has 0 radical (unpaired) electrons. The average Bonchev–Trinajstić information content (AvgIpc) is 2.84. The summed E-state index contributed by atoms with van der Waals surface area (Å²) in [5.41, 5.74) is 1.32. The molecular weight excluding hydrogens is 446 g/mol. The number of hydrogen-bond donors (Lipinski definition) is 1. The van der Waals surface area contributed by atoms with Gasteiger partial charge in [0.15, 0.2) is 0 Å². The smallest absolute Gasteiger partial charge is 0.335 e. The highest BCUT2D eigenvalue weighted by molar-refractivity contribution is 7.89. The number of methoxy groups -OCH3 is 3. The molecule has 0 atom stereocenters. The fraction of sp³-hybridized carbons (Fsp3) is 0.208. The number of rotatable bonds is 10. The van der Waals surface area contributed by atoms with Crippen LogP contribution >= 0.6 is 0 Å². The van der Waals surface area contributed by atoms with E-state index in [1.165, 1.54) is 49.9 Å². The van der Waals surface area contributed by atoms with Gasteiger partial charge in [0.2, 0.25) is 10.0 Å². The minimum absolute atomic E-state index is 0.00190. The van der Waals surface area contributed by atoms with E-state index in [0.29, 0.717) is 22.8 Å². The Morgan fingerprint density at radius 3 is 1.91 bits per heavy atom. The van der Waals surface area contributed by atoms with Crippen molar-refractivity contribution in [1.29, 1.82) is 0 Å². The Hall–Kier alpha value is -3.56. The minimum Gasteiger partial charge on any atom is -0.496 e. The van der Waals surface area contributed by atoms with Gasteiger partial charge in [0, 0.05) is 25.2 Å². The minimum atomic E-state index is -4.01. The van der Waals surface area contributed by atoms with Crippen LogP contribution in [0.5, 0.6) is 17.2 Å². The second kappa shape index (κ2) is 10.4. The molecule has 3 rings (SSSR count). The molecule has 0 saturated heterocycles. The number of carbonyl (C=O) groups is 1. The van der Waals surface area contributed by atoms with Gasteiger partial charge >= 0.3 is 5.97 Å². The van der Waals surface area contributed by atoms with Crippen LogP contribution in [0.15, 0.2) is 71.6 Å². The van der Waals surface area contributed by atoms with Gasteiger partial charge in [-0.2, -0.15) is 4.31 Å². The SMILES string of the molecule is COc1cc(OC)c(CN(Cc2ccccc2)S(=O)(=O)c2ccc(C(=O)O)cc2)c(OC)c1. The van der Waals surface area contributed by atoms with Crippen molar-refractivity contribution in [3.63, 3.8) is 0 Å². The number of hydrogen-bond acceptors (Lipinski definition) is 6. The predicted molar refractivity (Wildman–Crippen MR) is 122 cm³/mol. The fourth-order valence-corrected chi connectivity index (χ4v) is 4.74. The van der Waals surface area contributed by atoms with Gasteiger partial charge in [-0.15, -0.1) is 0 Å². The summed E-state index contributed by atoms with van der Waals surface area (Å²) in [5.74, 6) is 0.211. The topological polar surface area (TPSA) is 102 Å². The Morgan fingerprint density at radius 1 is 0.848 bits per heavy atom. The third-order valence-electron chi connectivity index (χ3n) is 5.09. The third-order valence-corrected chi connectivity index (χ3v) is 6.90. The van der Waals surface area contributed by atoms with Crippen LogP contribution in [0.3, 0.4) is 0 Å². The summed E-state index contributed by atoms with van der Waals surface area (Å²) in [6, 6.07) is 17.6. The summed E-state index contributed by atoms with van der Waals surface area (Å²) in [7, 11) is 0.476. The zero-order valence-electron chi connectivity index (χ0n) is 18.5. The second-order valence-corrected chi connectivity index (χ2v) is 9.04. The third kappa shape index (κ3) is 5.44. The largest absolute Gasteiger partial charge is 0.496 e. The van der Waals surface area contributed by atoms with E-state index in [0.717, 1.165) is 5.56 Å². The van der Waals surface area contributed by atoms with Gasteiger partial charge in [-0.05, 0) is 29.8 Å². The molecule has 0 unspecified atom stereocenters. The Kier molecular flexibility index (Phi) is 7.57. The zero-order chi connectivity index (χ0) is 24.0. The van der Waals surface area contributed by atoms with E-state index < -0.39 is 16.0 Å². The average molecular weight is 472 g/mol. The first-order chi connectivity index (χ1) is 15.8. The van der Waals surface area contributed by atoms with Gasteiger partial charge in [-0.25, -0.2) is 13.2 Å². The zero-order valence-corrected chi connectivity index (χ0v) is 19.3. The lowest BCUT2D eigenvalue weighted by Crippen LogP contribution is -2.30. The van der Waals surface area contributed by atoms with E-state index in [2.05, 4.69) is 0 Å². The van der Waals surface area contributed by atoms with Crippen molar-refractivity contribution in [3.8, 4) is 17.2 Å². The number of nitrogens with zero attached hydrogens (tertiary/aromatic N) is 1. The molecule has 8 nitrogen and oxygen atoms in total. The Labute approximate surface area is 193 Å². The standard InChI is InChI=1S/C24H25NO7S/c1-30-19-13-22(31-2)21(23(14-19)32-3)16-25(15-17-7-5-4-6-8-17)33(28,29)20-11-9-18(10-12-20)24(26)27/h4-14H,15-16H2,1-3H3,(H,26,27). The van der Waals surface area contributed by atoms with Crippen molar-refractivity contribution in [2.75, 3.05) is 21.3 Å². The number of carboxylic acids is 1. The molecule has 3 aromatic rings. The molecule has 0 heterocycles. The van der Waals surface area contributed by atoms with Crippen LogP contribution in [-0.4, -0.2) is 45.1 Å². The molecule has 0 aromatic heterocycles. The molecule has 1 N–H and O–H groups in total. The number of sulfonamides is 1. The van der Waals surface area contributed by atoms with Gasteiger partial charge in [0.25, 0.3) is 0 Å². The van der Waals surface area contributed by atoms with Gasteiger partial charge in [0.1, 0.15) is 17.2 Å². The molecule has 33 heavy (non-hydrogen) atoms. The highest BCUT2D eigenvalue weighted by Crippen LogP contribution is 2.36. The van der Waals surface area contributed by atoms with Crippen LogP contribution in [0.2, 0.25) is 0 Å². The van der Waals surface area contributed by atoms with Crippen molar-refractivity contribution in [1.82, 2.24) is 4.31 Å². The van der Waals surface area contributed by atoms with Crippen LogP contribution in [0, 0.1) is 0 Å². The molecule has 174 valence electrons. The molecule has 0 amide bonds. The molecule has 0 aliphatic rings. The summed E-state index contributed by atoms with van der Waals surface area (Å²) in [6.07, 6.45) is 0. The normalized spacial score (nSPS) is 11.3. The van der Waals surface area contributed by atoms with Crippen LogP contribution in [0.1, 0.15) is 21.5 Å². The highest BCUT2D eigenvalue weighted by atomic mass is 32.2. The highest BCUT2D eigenvalue weighted by Gasteiger charge is 2.28. The number of aromatic carboxylic acids is 1. The Morgan fingerprint density at radius 2 is 1.42 bits per heavy atom. The molecule has 0 fully saturated rings. The van der Waals surface area contributed by atoms with E-state index in [1.807, 2.05) is 30.3 Å². The van der Waals surface area contributed by atoms with E-state index in [-0.39, 0.29) is 23.5 Å². The second-order valence-electron chi connectivity index (χ2n) is 7.10. The van der Waals surface area contributed by atoms with Crippen molar-refractivity contribution >= 4 is 16.0 Å². The maximum Gasteiger partial charge on any atom is 0.335 e. The van der Waals surface area contributed by atoms with Crippen LogP contribution < -0.4 is 14.2 Å². The van der Waals surface area contributed by atoms with Crippen LogP contribution in [-0.2, 0) is 23.1 Å². The van der Waals surface area contributed by atoms with E-state index in [1.54, 1.807) is 12.1 Å². The lowest BCUT2D eigenvalue weighted by molar-refractivity contribution is 0.0696. The van der Waals surface area contributed by atoms with E-state index >= 15 is 0 Å². The molecule has 0 aliphatic heterocycles. The van der Waals surface area contributed by atoms with Crippen molar-refractivity contribution in [2.45, 2.75) is 18.0 Å². The number of benzene rings is 3. The van der Waals surface area contributed by atoms with E-state index in [9.17, 15) is 13.2 Å². The van der Waals surface area contributed by atoms with Gasteiger partial charge in [-0.3, -0.25) is 0 Å². The predicted octanol–water partition coefficient (Wildman–Crippen LogP) is 3.80. The first kappa shape index (κ1) is 24.1. The van der Waals surface area contributed by atoms with Crippen LogP contribution in [0.25, 0.3) is 0 Å². The quantitative estimate of drug-likeness (QED) is 0.480. The lowest BCUT2D eigenvalue weighted by atomic mass is 10.1. The summed E-state index contributed by atoms with van der Waals surface area (Å²) < 4.78 is 44.8. The van der Waals surface area contributed by atoms with Crippen LogP contribution in [0.4, 0.5) is 0 Å². The molecule has 0 saturated carbocycles. The molecule has 3 aromatic carbocycles. The molecule has 0 spiro atoms.